The molecule has 1 rings (SSSR count). The van der Waals surface area contributed by atoms with Crippen molar-refractivity contribution in [2.75, 3.05) is 13.2 Å². The van der Waals surface area contributed by atoms with Gasteiger partial charge in [0, 0.05) is 16.7 Å². The number of rotatable bonds is 18. The first-order chi connectivity index (χ1) is 13.5. The van der Waals surface area contributed by atoms with Crippen LogP contribution in [-0.4, -0.2) is 13.2 Å². The minimum Gasteiger partial charge on any atom is -0.296 e. The lowest BCUT2D eigenvalue weighted by atomic mass is 9.79. The predicted molar refractivity (Wildman–Crippen MR) is 122 cm³/mol. The molecule has 0 unspecified atom stereocenters. The largest absolute Gasteiger partial charge is 0.424 e. The second-order valence-corrected chi connectivity index (χ2v) is 11.5. The minimum atomic E-state index is -3.32. The Labute approximate surface area is 180 Å². The summed E-state index contributed by atoms with van der Waals surface area (Å²) in [5.74, 6) is 0. The van der Waals surface area contributed by atoms with E-state index in [1.807, 2.05) is 0 Å². The molecule has 0 saturated carbocycles. The van der Waals surface area contributed by atoms with Crippen molar-refractivity contribution in [3.8, 4) is 0 Å². The van der Waals surface area contributed by atoms with Crippen molar-refractivity contribution in [3.05, 3.63) is 0 Å². The molecule has 1 aliphatic heterocycles. The molecule has 28 heavy (non-hydrogen) atoms. The molecule has 1 fully saturated rings. The molecular formula is C23H46ClO3P. The zero-order valence-electron chi connectivity index (χ0n) is 18.7. The van der Waals surface area contributed by atoms with Crippen LogP contribution < -0.4 is 0 Å². The molecule has 3 nitrogen and oxygen atoms in total. The molecule has 0 aromatic heterocycles. The van der Waals surface area contributed by atoms with Gasteiger partial charge in [-0.05, 0) is 12.8 Å². The summed E-state index contributed by atoms with van der Waals surface area (Å²) in [6.07, 6.45) is 23.4. The van der Waals surface area contributed by atoms with Crippen LogP contribution in [-0.2, 0) is 13.6 Å². The standard InChI is InChI=1S/C23H46ClO3P/c1-3-5-7-9-11-13-15-17-19-23(21-26-28(24,25)27-22-23)20-18-16-14-12-10-8-6-4-2/h3-22H2,1-2H3. The Bertz CT molecular complexity index is 383. The summed E-state index contributed by atoms with van der Waals surface area (Å²) in [5.41, 5.74) is 0.0211. The average Bonchev–Trinajstić information content (AvgIpc) is 2.68. The van der Waals surface area contributed by atoms with E-state index in [0.29, 0.717) is 13.2 Å². The molecule has 0 atom stereocenters. The first kappa shape index (κ1) is 26.5. The summed E-state index contributed by atoms with van der Waals surface area (Å²) in [7, 11) is 0. The number of hydrogen-bond donors (Lipinski definition) is 0. The molecule has 168 valence electrons. The van der Waals surface area contributed by atoms with E-state index in [2.05, 4.69) is 13.8 Å². The van der Waals surface area contributed by atoms with E-state index in [9.17, 15) is 4.57 Å². The van der Waals surface area contributed by atoms with Gasteiger partial charge < -0.3 is 0 Å². The third kappa shape index (κ3) is 12.9. The molecular weight excluding hydrogens is 391 g/mol. The quantitative estimate of drug-likeness (QED) is 0.158. The van der Waals surface area contributed by atoms with Gasteiger partial charge in [-0.15, -0.1) is 0 Å². The van der Waals surface area contributed by atoms with Crippen LogP contribution in [0.4, 0.5) is 0 Å². The van der Waals surface area contributed by atoms with Crippen molar-refractivity contribution in [1.82, 2.24) is 0 Å². The van der Waals surface area contributed by atoms with Gasteiger partial charge in [0.25, 0.3) is 0 Å². The van der Waals surface area contributed by atoms with Crippen LogP contribution >= 0.6 is 18.2 Å². The van der Waals surface area contributed by atoms with Crippen LogP contribution in [0.25, 0.3) is 0 Å². The van der Waals surface area contributed by atoms with Gasteiger partial charge in [-0.25, -0.2) is 4.57 Å². The van der Waals surface area contributed by atoms with E-state index in [0.717, 1.165) is 12.8 Å². The maximum Gasteiger partial charge on any atom is 0.424 e. The molecule has 0 aliphatic carbocycles. The van der Waals surface area contributed by atoms with Crippen LogP contribution in [0.2, 0.25) is 0 Å². The van der Waals surface area contributed by atoms with E-state index in [4.69, 9.17) is 20.3 Å². The summed E-state index contributed by atoms with van der Waals surface area (Å²) < 4.78 is 22.7. The van der Waals surface area contributed by atoms with E-state index < -0.39 is 6.95 Å². The molecule has 1 saturated heterocycles. The first-order valence-corrected chi connectivity index (χ1v) is 14.6. The molecule has 0 amide bonds. The average molecular weight is 437 g/mol. The summed E-state index contributed by atoms with van der Waals surface area (Å²) >= 11 is 5.80. The SMILES string of the molecule is CCCCCCCCCCC1(CCCCCCCCCC)COP(=O)(Cl)OC1. The van der Waals surface area contributed by atoms with Gasteiger partial charge >= 0.3 is 6.95 Å². The molecule has 1 aliphatic rings. The second kappa shape index (κ2) is 16.2. The van der Waals surface area contributed by atoms with Gasteiger partial charge in [0.2, 0.25) is 0 Å². The van der Waals surface area contributed by atoms with Crippen LogP contribution in [0, 0.1) is 5.41 Å². The molecule has 0 N–H and O–H groups in total. The van der Waals surface area contributed by atoms with Crippen molar-refractivity contribution < 1.29 is 13.6 Å². The molecule has 0 aromatic rings. The molecule has 0 aromatic carbocycles. The fraction of sp³-hybridized carbons (Fsp3) is 1.00. The van der Waals surface area contributed by atoms with Crippen LogP contribution in [0.1, 0.15) is 129 Å². The van der Waals surface area contributed by atoms with E-state index >= 15 is 0 Å². The van der Waals surface area contributed by atoms with Crippen LogP contribution in [0.3, 0.4) is 0 Å². The third-order valence-electron chi connectivity index (χ3n) is 6.17. The Hall–Kier alpha value is 0.440. The molecule has 0 bridgehead atoms. The smallest absolute Gasteiger partial charge is 0.296 e. The Morgan fingerprint density at radius 2 is 0.964 bits per heavy atom. The predicted octanol–water partition coefficient (Wildman–Crippen LogP) is 9.43. The molecule has 1 heterocycles. The molecule has 0 radical (unpaired) electrons. The van der Waals surface area contributed by atoms with Gasteiger partial charge in [-0.1, -0.05) is 117 Å². The summed E-state index contributed by atoms with van der Waals surface area (Å²) in [6.45, 7) is 2.21. The lowest BCUT2D eigenvalue weighted by molar-refractivity contribution is 0.00791. The maximum atomic E-state index is 11.8. The number of halogens is 1. The van der Waals surface area contributed by atoms with Crippen molar-refractivity contribution in [1.29, 1.82) is 0 Å². The third-order valence-corrected chi connectivity index (χ3v) is 7.63. The Kier molecular flexibility index (Phi) is 15.3. The minimum absolute atomic E-state index is 0.0211. The van der Waals surface area contributed by atoms with E-state index in [1.165, 1.54) is 103 Å². The second-order valence-electron chi connectivity index (χ2n) is 8.93. The van der Waals surface area contributed by atoms with Crippen molar-refractivity contribution in [3.63, 3.8) is 0 Å². The molecule has 5 heteroatoms. The van der Waals surface area contributed by atoms with E-state index in [1.54, 1.807) is 0 Å². The van der Waals surface area contributed by atoms with Crippen LogP contribution in [0.5, 0.6) is 0 Å². The normalized spacial score (nSPS) is 18.4. The van der Waals surface area contributed by atoms with Crippen molar-refractivity contribution >= 4 is 18.2 Å². The van der Waals surface area contributed by atoms with E-state index in [-0.39, 0.29) is 5.41 Å². The van der Waals surface area contributed by atoms with Gasteiger partial charge in [-0.2, -0.15) is 0 Å². The summed E-state index contributed by atoms with van der Waals surface area (Å²) in [5, 5.41) is 0. The monoisotopic (exact) mass is 436 g/mol. The highest BCUT2D eigenvalue weighted by Crippen LogP contribution is 2.59. The lowest BCUT2D eigenvalue weighted by Crippen LogP contribution is -2.35. The highest BCUT2D eigenvalue weighted by Gasteiger charge is 2.40. The lowest BCUT2D eigenvalue weighted by Gasteiger charge is -2.38. The topological polar surface area (TPSA) is 35.5 Å². The fourth-order valence-corrected chi connectivity index (χ4v) is 5.41. The molecule has 0 spiro atoms. The number of hydrogen-bond acceptors (Lipinski definition) is 3. The zero-order valence-corrected chi connectivity index (χ0v) is 20.3. The van der Waals surface area contributed by atoms with Gasteiger partial charge in [-0.3, -0.25) is 9.05 Å². The Morgan fingerprint density at radius 1 is 0.643 bits per heavy atom. The summed E-state index contributed by atoms with van der Waals surface area (Å²) in [6, 6.07) is 0. The number of unbranched alkanes of at least 4 members (excludes halogenated alkanes) is 14. The van der Waals surface area contributed by atoms with Crippen LogP contribution in [0.15, 0.2) is 0 Å². The van der Waals surface area contributed by atoms with Crippen molar-refractivity contribution in [2.24, 2.45) is 5.41 Å². The maximum absolute atomic E-state index is 11.8. The zero-order chi connectivity index (χ0) is 20.6. The highest BCUT2D eigenvalue weighted by molar-refractivity contribution is 7.81. The first-order valence-electron chi connectivity index (χ1n) is 12.1. The Morgan fingerprint density at radius 3 is 1.32 bits per heavy atom. The van der Waals surface area contributed by atoms with Gasteiger partial charge in [0.15, 0.2) is 0 Å². The van der Waals surface area contributed by atoms with Crippen molar-refractivity contribution in [2.45, 2.75) is 129 Å². The van der Waals surface area contributed by atoms with Gasteiger partial charge in [0.1, 0.15) is 0 Å². The summed E-state index contributed by atoms with van der Waals surface area (Å²) in [4.78, 5) is 0. The Balaban J connectivity index is 2.23. The fourth-order valence-electron chi connectivity index (χ4n) is 4.19. The van der Waals surface area contributed by atoms with Gasteiger partial charge in [0.05, 0.1) is 13.2 Å². The highest BCUT2D eigenvalue weighted by atomic mass is 35.7.